The van der Waals surface area contributed by atoms with Gasteiger partial charge in [-0.15, -0.1) is 0 Å². The molecule has 0 radical (unpaired) electrons. The number of benzene rings is 1. The molecule has 24 heavy (non-hydrogen) atoms. The van der Waals surface area contributed by atoms with Gasteiger partial charge in [-0.3, -0.25) is 9.59 Å². The van der Waals surface area contributed by atoms with Crippen LogP contribution < -0.4 is 4.74 Å². The second kappa shape index (κ2) is 10.6. The molecule has 6 heteroatoms. The van der Waals surface area contributed by atoms with Crippen molar-refractivity contribution in [2.45, 2.75) is 19.8 Å². The highest BCUT2D eigenvalue weighted by molar-refractivity contribution is 5.80. The zero-order valence-corrected chi connectivity index (χ0v) is 14.9. The summed E-state index contributed by atoms with van der Waals surface area (Å²) in [5, 5.41) is 0. The van der Waals surface area contributed by atoms with Crippen molar-refractivity contribution in [3.8, 4) is 5.75 Å². The van der Waals surface area contributed by atoms with Crippen LogP contribution in [0, 0.1) is 5.92 Å². The zero-order chi connectivity index (χ0) is 17.9. The summed E-state index contributed by atoms with van der Waals surface area (Å²) in [6.07, 6.45) is 1.00. The molecule has 0 aromatic heterocycles. The maximum Gasteiger partial charge on any atom is 0.310 e. The molecule has 0 spiro atoms. The van der Waals surface area contributed by atoms with Crippen LogP contribution >= 0.6 is 0 Å². The smallest absolute Gasteiger partial charge is 0.310 e. The van der Waals surface area contributed by atoms with E-state index in [1.807, 2.05) is 24.3 Å². The van der Waals surface area contributed by atoms with E-state index in [0.717, 1.165) is 17.7 Å². The summed E-state index contributed by atoms with van der Waals surface area (Å²) >= 11 is 0. The van der Waals surface area contributed by atoms with Crippen molar-refractivity contribution < 1.29 is 23.8 Å². The van der Waals surface area contributed by atoms with E-state index in [0.29, 0.717) is 19.7 Å². The molecule has 1 amide bonds. The van der Waals surface area contributed by atoms with Gasteiger partial charge < -0.3 is 19.1 Å². The summed E-state index contributed by atoms with van der Waals surface area (Å²) in [5.41, 5.74) is 0.906. The van der Waals surface area contributed by atoms with Crippen LogP contribution in [-0.4, -0.2) is 57.8 Å². The number of rotatable bonds is 10. The maximum atomic E-state index is 12.6. The number of hydrogen-bond acceptors (Lipinski definition) is 5. The standard InChI is InChI=1S/C18H27NO5/c1-14(18(21)24-4)13-19(10-5-11-22-2)17(20)12-15-6-8-16(23-3)9-7-15/h6-9,14H,5,10-13H2,1-4H3. The first-order valence-corrected chi connectivity index (χ1v) is 7.99. The lowest BCUT2D eigenvalue weighted by Gasteiger charge is -2.25. The molecule has 0 aliphatic heterocycles. The van der Waals surface area contributed by atoms with Gasteiger partial charge in [-0.1, -0.05) is 19.1 Å². The minimum atomic E-state index is -0.364. The van der Waals surface area contributed by atoms with Crippen molar-refractivity contribution in [2.75, 3.05) is 41.0 Å². The Balaban J connectivity index is 2.71. The van der Waals surface area contributed by atoms with Crippen molar-refractivity contribution in [3.63, 3.8) is 0 Å². The molecule has 0 aliphatic carbocycles. The molecular formula is C18H27NO5. The number of carbonyl (C=O) groups excluding carboxylic acids is 2. The second-order valence-corrected chi connectivity index (χ2v) is 5.64. The van der Waals surface area contributed by atoms with E-state index in [4.69, 9.17) is 14.2 Å². The van der Waals surface area contributed by atoms with Gasteiger partial charge in [0.2, 0.25) is 5.91 Å². The van der Waals surface area contributed by atoms with E-state index in [9.17, 15) is 9.59 Å². The third kappa shape index (κ3) is 6.58. The second-order valence-electron chi connectivity index (χ2n) is 5.64. The first kappa shape index (κ1) is 20.0. The molecule has 1 rings (SSSR count). The molecule has 0 N–H and O–H groups in total. The molecule has 0 aliphatic rings. The van der Waals surface area contributed by atoms with Crippen molar-refractivity contribution in [1.29, 1.82) is 0 Å². The number of esters is 1. The minimum Gasteiger partial charge on any atom is -0.497 e. The summed E-state index contributed by atoms with van der Waals surface area (Å²) in [5.74, 6) is 0.0517. The lowest BCUT2D eigenvalue weighted by atomic mass is 10.1. The van der Waals surface area contributed by atoms with Gasteiger partial charge in [0.05, 0.1) is 26.6 Å². The van der Waals surface area contributed by atoms with Crippen molar-refractivity contribution in [2.24, 2.45) is 5.92 Å². The molecule has 0 fully saturated rings. The zero-order valence-electron chi connectivity index (χ0n) is 14.9. The lowest BCUT2D eigenvalue weighted by Crippen LogP contribution is -2.39. The third-order valence-corrected chi connectivity index (χ3v) is 3.74. The molecule has 134 valence electrons. The summed E-state index contributed by atoms with van der Waals surface area (Å²) in [6.45, 7) is 3.21. The van der Waals surface area contributed by atoms with Crippen LogP contribution in [0.2, 0.25) is 0 Å². The maximum absolute atomic E-state index is 12.6. The number of hydrogen-bond donors (Lipinski definition) is 0. The Morgan fingerprint density at radius 3 is 2.33 bits per heavy atom. The van der Waals surface area contributed by atoms with Crippen LogP contribution in [0.1, 0.15) is 18.9 Å². The summed E-state index contributed by atoms with van der Waals surface area (Å²) < 4.78 is 14.9. The molecular weight excluding hydrogens is 310 g/mol. The molecule has 1 aromatic rings. The lowest BCUT2D eigenvalue weighted by molar-refractivity contribution is -0.146. The van der Waals surface area contributed by atoms with Crippen LogP contribution in [-0.2, 0) is 25.5 Å². The summed E-state index contributed by atoms with van der Waals surface area (Å²) in [7, 11) is 4.58. The first-order valence-electron chi connectivity index (χ1n) is 7.99. The largest absolute Gasteiger partial charge is 0.497 e. The van der Waals surface area contributed by atoms with E-state index in [2.05, 4.69) is 0 Å². The van der Waals surface area contributed by atoms with E-state index < -0.39 is 0 Å². The molecule has 0 saturated heterocycles. The minimum absolute atomic E-state index is 0.0213. The topological polar surface area (TPSA) is 65.1 Å². The van der Waals surface area contributed by atoms with Gasteiger partial charge in [0.1, 0.15) is 5.75 Å². The quantitative estimate of drug-likeness (QED) is 0.482. The number of ether oxygens (including phenoxy) is 3. The fourth-order valence-corrected chi connectivity index (χ4v) is 2.35. The predicted molar refractivity (Wildman–Crippen MR) is 91.0 cm³/mol. The monoisotopic (exact) mass is 337 g/mol. The van der Waals surface area contributed by atoms with E-state index in [-0.39, 0.29) is 24.2 Å². The van der Waals surface area contributed by atoms with Crippen molar-refractivity contribution >= 4 is 11.9 Å². The van der Waals surface area contributed by atoms with Gasteiger partial charge >= 0.3 is 5.97 Å². The summed E-state index contributed by atoms with van der Waals surface area (Å²) in [4.78, 5) is 25.9. The summed E-state index contributed by atoms with van der Waals surface area (Å²) in [6, 6.07) is 7.39. The Kier molecular flexibility index (Phi) is 8.86. The Bertz CT molecular complexity index is 515. The van der Waals surface area contributed by atoms with Crippen molar-refractivity contribution in [3.05, 3.63) is 29.8 Å². The van der Waals surface area contributed by atoms with Gasteiger partial charge in [-0.05, 0) is 24.1 Å². The van der Waals surface area contributed by atoms with Crippen LogP contribution in [0.25, 0.3) is 0 Å². The Morgan fingerprint density at radius 2 is 1.79 bits per heavy atom. The third-order valence-electron chi connectivity index (χ3n) is 3.74. The van der Waals surface area contributed by atoms with Crippen LogP contribution in [0.3, 0.4) is 0 Å². The highest BCUT2D eigenvalue weighted by atomic mass is 16.5. The number of carbonyl (C=O) groups is 2. The van der Waals surface area contributed by atoms with E-state index >= 15 is 0 Å². The number of methoxy groups -OCH3 is 3. The molecule has 1 aromatic carbocycles. The number of nitrogens with zero attached hydrogens (tertiary/aromatic N) is 1. The average Bonchev–Trinajstić information content (AvgIpc) is 2.60. The van der Waals surface area contributed by atoms with Gasteiger partial charge in [0.15, 0.2) is 0 Å². The van der Waals surface area contributed by atoms with E-state index in [1.165, 1.54) is 7.11 Å². The predicted octanol–water partition coefficient (Wildman–Crippen LogP) is 1.91. The Hall–Kier alpha value is -2.08. The first-order chi connectivity index (χ1) is 11.5. The average molecular weight is 337 g/mol. The Labute approximate surface area is 143 Å². The number of amides is 1. The molecule has 6 nitrogen and oxygen atoms in total. The fraction of sp³-hybridized carbons (Fsp3) is 0.556. The van der Waals surface area contributed by atoms with Gasteiger partial charge in [0, 0.05) is 26.8 Å². The molecule has 0 saturated carbocycles. The normalized spacial score (nSPS) is 11.7. The Morgan fingerprint density at radius 1 is 1.12 bits per heavy atom. The highest BCUT2D eigenvalue weighted by Gasteiger charge is 2.21. The van der Waals surface area contributed by atoms with Crippen molar-refractivity contribution in [1.82, 2.24) is 4.90 Å². The van der Waals surface area contributed by atoms with Crippen LogP contribution in [0.15, 0.2) is 24.3 Å². The molecule has 0 bridgehead atoms. The highest BCUT2D eigenvalue weighted by Crippen LogP contribution is 2.13. The van der Waals surface area contributed by atoms with Gasteiger partial charge in [-0.2, -0.15) is 0 Å². The van der Waals surface area contributed by atoms with Gasteiger partial charge in [0.25, 0.3) is 0 Å². The van der Waals surface area contributed by atoms with Crippen LogP contribution in [0.5, 0.6) is 5.75 Å². The van der Waals surface area contributed by atoms with Gasteiger partial charge in [-0.25, -0.2) is 0 Å². The molecule has 1 atom stereocenters. The molecule has 0 heterocycles. The SMILES string of the molecule is COCCCN(CC(C)C(=O)OC)C(=O)Cc1ccc(OC)cc1. The van der Waals surface area contributed by atoms with Crippen LogP contribution in [0.4, 0.5) is 0 Å². The van der Waals surface area contributed by atoms with E-state index in [1.54, 1.807) is 26.0 Å². The molecule has 1 unspecified atom stereocenters. The fourth-order valence-electron chi connectivity index (χ4n) is 2.35.